The molecule has 2 aromatic carbocycles. The van der Waals surface area contributed by atoms with Gasteiger partial charge in [0.05, 0.1) is 11.2 Å². The largest absolute Gasteiger partial charge is 0.293 e. The summed E-state index contributed by atoms with van der Waals surface area (Å²) in [5.41, 5.74) is 7.73. The van der Waals surface area contributed by atoms with Crippen LogP contribution in [0.15, 0.2) is 79.6 Å². The molecule has 0 bridgehead atoms. The van der Waals surface area contributed by atoms with E-state index in [0.29, 0.717) is 5.70 Å². The highest BCUT2D eigenvalue weighted by atomic mass is 14.9. The van der Waals surface area contributed by atoms with Crippen molar-refractivity contribution < 1.29 is 0 Å². The van der Waals surface area contributed by atoms with Gasteiger partial charge in [0.15, 0.2) is 6.19 Å². The fourth-order valence-electron chi connectivity index (χ4n) is 3.59. The molecule has 0 spiro atoms. The van der Waals surface area contributed by atoms with E-state index in [2.05, 4.69) is 72.3 Å². The molecule has 4 nitrogen and oxygen atoms in total. The number of nitrogens with one attached hydrogen (secondary N) is 1. The van der Waals surface area contributed by atoms with Crippen LogP contribution < -0.4 is 5.32 Å². The average Bonchev–Trinajstić information content (AvgIpc) is 2.79. The molecule has 2 aromatic heterocycles. The van der Waals surface area contributed by atoms with Gasteiger partial charge in [-0.15, -0.1) is 0 Å². The van der Waals surface area contributed by atoms with E-state index in [9.17, 15) is 0 Å². The summed E-state index contributed by atoms with van der Waals surface area (Å²) in [7, 11) is 0. The second-order valence-corrected chi connectivity index (χ2v) is 7.19. The van der Waals surface area contributed by atoms with Gasteiger partial charge in [0, 0.05) is 34.6 Å². The molecule has 1 N–H and O–H groups in total. The molecule has 4 rings (SSSR count). The number of hydrogen-bond donors (Lipinski definition) is 1. The standard InChI is InChI=1S/C26H22N4/c1-3-4-19-5-7-20(8-6-19)21-9-11-22(12-10-21)26-15-23(18(2)29-17-27)24-16-28-14-13-25(24)30-26/h5-16,29H,2-4H2,1H3. The average molecular weight is 390 g/mol. The number of nitriles is 1. The minimum atomic E-state index is 0.530. The predicted octanol–water partition coefficient (Wildman–Crippen LogP) is 5.96. The van der Waals surface area contributed by atoms with Gasteiger partial charge in [-0.05, 0) is 35.2 Å². The molecule has 0 aliphatic heterocycles. The van der Waals surface area contributed by atoms with Crippen LogP contribution in [0, 0.1) is 11.5 Å². The Bertz CT molecular complexity index is 1230. The molecule has 0 aliphatic carbocycles. The van der Waals surface area contributed by atoms with Gasteiger partial charge in [0.1, 0.15) is 0 Å². The van der Waals surface area contributed by atoms with Crippen molar-refractivity contribution in [1.29, 1.82) is 5.26 Å². The first-order valence-electron chi connectivity index (χ1n) is 9.98. The lowest BCUT2D eigenvalue weighted by molar-refractivity contribution is 0.922. The van der Waals surface area contributed by atoms with E-state index in [1.807, 2.05) is 18.3 Å². The molecule has 0 unspecified atom stereocenters. The fourth-order valence-corrected chi connectivity index (χ4v) is 3.59. The highest BCUT2D eigenvalue weighted by molar-refractivity contribution is 5.92. The lowest BCUT2D eigenvalue weighted by atomic mass is 9.99. The van der Waals surface area contributed by atoms with Gasteiger partial charge >= 0.3 is 0 Å². The van der Waals surface area contributed by atoms with E-state index < -0.39 is 0 Å². The quantitative estimate of drug-likeness (QED) is 0.326. The lowest BCUT2D eigenvalue weighted by Gasteiger charge is -2.11. The van der Waals surface area contributed by atoms with Crippen molar-refractivity contribution in [3.8, 4) is 28.6 Å². The zero-order valence-corrected chi connectivity index (χ0v) is 16.9. The molecular weight excluding hydrogens is 368 g/mol. The lowest BCUT2D eigenvalue weighted by Crippen LogP contribution is -2.04. The Hall–Kier alpha value is -3.97. The maximum atomic E-state index is 8.99. The van der Waals surface area contributed by atoms with Crippen molar-refractivity contribution in [2.24, 2.45) is 0 Å². The number of aryl methyl sites for hydroxylation is 1. The molecule has 0 saturated heterocycles. The van der Waals surface area contributed by atoms with Gasteiger partial charge in [-0.1, -0.05) is 68.5 Å². The van der Waals surface area contributed by atoms with Crippen molar-refractivity contribution in [1.82, 2.24) is 15.3 Å². The summed E-state index contributed by atoms with van der Waals surface area (Å²) in [5.74, 6) is 0. The van der Waals surface area contributed by atoms with Crippen molar-refractivity contribution in [2.45, 2.75) is 19.8 Å². The molecule has 4 heteroatoms. The van der Waals surface area contributed by atoms with Crippen LogP contribution in [-0.2, 0) is 6.42 Å². The molecule has 0 fully saturated rings. The van der Waals surface area contributed by atoms with Crippen molar-refractivity contribution in [2.75, 3.05) is 0 Å². The summed E-state index contributed by atoms with van der Waals surface area (Å²) in [4.78, 5) is 8.98. The zero-order chi connectivity index (χ0) is 20.9. The number of rotatable bonds is 6. The van der Waals surface area contributed by atoms with Crippen LogP contribution in [0.1, 0.15) is 24.5 Å². The number of benzene rings is 2. The first-order chi connectivity index (χ1) is 14.7. The monoisotopic (exact) mass is 390 g/mol. The predicted molar refractivity (Wildman–Crippen MR) is 122 cm³/mol. The Balaban J connectivity index is 1.70. The van der Waals surface area contributed by atoms with Crippen LogP contribution in [0.25, 0.3) is 39.0 Å². The Kier molecular flexibility index (Phi) is 5.54. The summed E-state index contributed by atoms with van der Waals surface area (Å²) in [6.07, 6.45) is 7.66. The summed E-state index contributed by atoms with van der Waals surface area (Å²) in [5, 5.41) is 12.5. The molecular formula is C26H22N4. The molecule has 0 atom stereocenters. The second kappa shape index (κ2) is 8.59. The van der Waals surface area contributed by atoms with Crippen LogP contribution in [0.4, 0.5) is 0 Å². The summed E-state index contributed by atoms with van der Waals surface area (Å²) in [6.45, 7) is 6.18. The van der Waals surface area contributed by atoms with Gasteiger partial charge in [0.2, 0.25) is 0 Å². The van der Waals surface area contributed by atoms with Crippen LogP contribution in [-0.4, -0.2) is 9.97 Å². The third-order valence-corrected chi connectivity index (χ3v) is 5.15. The third-order valence-electron chi connectivity index (χ3n) is 5.15. The Morgan fingerprint density at radius 1 is 1.00 bits per heavy atom. The first-order valence-corrected chi connectivity index (χ1v) is 9.98. The van der Waals surface area contributed by atoms with Crippen LogP contribution >= 0.6 is 0 Å². The molecule has 0 aliphatic rings. The maximum Gasteiger partial charge on any atom is 0.181 e. The molecule has 4 aromatic rings. The van der Waals surface area contributed by atoms with Gasteiger partial charge in [-0.25, -0.2) is 4.98 Å². The molecule has 0 saturated carbocycles. The molecule has 0 amide bonds. The van der Waals surface area contributed by atoms with E-state index in [0.717, 1.165) is 40.6 Å². The van der Waals surface area contributed by atoms with Crippen LogP contribution in [0.2, 0.25) is 0 Å². The zero-order valence-electron chi connectivity index (χ0n) is 16.9. The summed E-state index contributed by atoms with van der Waals surface area (Å²) in [6, 6.07) is 21.0. The molecule has 2 heterocycles. The van der Waals surface area contributed by atoms with E-state index in [4.69, 9.17) is 10.2 Å². The molecule has 0 radical (unpaired) electrons. The highest BCUT2D eigenvalue weighted by Crippen LogP contribution is 2.29. The second-order valence-electron chi connectivity index (χ2n) is 7.19. The maximum absolute atomic E-state index is 8.99. The highest BCUT2D eigenvalue weighted by Gasteiger charge is 2.11. The van der Waals surface area contributed by atoms with Crippen LogP contribution in [0.5, 0.6) is 0 Å². The number of nitrogens with zero attached hydrogens (tertiary/aromatic N) is 3. The number of aromatic nitrogens is 2. The van der Waals surface area contributed by atoms with E-state index in [1.165, 1.54) is 16.7 Å². The minimum absolute atomic E-state index is 0.530. The SMILES string of the molecule is C=C(NC#N)c1cc(-c2ccc(-c3ccc(CCC)cc3)cc2)nc2ccncc12. The minimum Gasteiger partial charge on any atom is -0.293 e. The first kappa shape index (κ1) is 19.4. The molecule has 30 heavy (non-hydrogen) atoms. The topological polar surface area (TPSA) is 61.6 Å². The van der Waals surface area contributed by atoms with Gasteiger partial charge in [-0.3, -0.25) is 10.3 Å². The Morgan fingerprint density at radius 3 is 2.33 bits per heavy atom. The Labute approximate surface area is 176 Å². The van der Waals surface area contributed by atoms with Crippen molar-refractivity contribution >= 4 is 16.6 Å². The number of pyridine rings is 2. The van der Waals surface area contributed by atoms with E-state index in [-0.39, 0.29) is 0 Å². The smallest absolute Gasteiger partial charge is 0.181 e. The van der Waals surface area contributed by atoms with Gasteiger partial charge in [-0.2, -0.15) is 5.26 Å². The third kappa shape index (κ3) is 3.92. The number of fused-ring (bicyclic) bond motifs is 1. The normalized spacial score (nSPS) is 10.5. The number of hydrogen-bond acceptors (Lipinski definition) is 4. The summed E-state index contributed by atoms with van der Waals surface area (Å²) >= 11 is 0. The molecule has 146 valence electrons. The van der Waals surface area contributed by atoms with E-state index >= 15 is 0 Å². The fraction of sp³-hybridized carbons (Fsp3) is 0.115. The Morgan fingerprint density at radius 2 is 1.67 bits per heavy atom. The summed E-state index contributed by atoms with van der Waals surface area (Å²) < 4.78 is 0. The van der Waals surface area contributed by atoms with E-state index in [1.54, 1.807) is 12.4 Å². The van der Waals surface area contributed by atoms with Gasteiger partial charge in [0.25, 0.3) is 0 Å². The van der Waals surface area contributed by atoms with Crippen LogP contribution in [0.3, 0.4) is 0 Å². The van der Waals surface area contributed by atoms with Crippen molar-refractivity contribution in [3.63, 3.8) is 0 Å². The van der Waals surface area contributed by atoms with Gasteiger partial charge < -0.3 is 0 Å². The van der Waals surface area contributed by atoms with Crippen molar-refractivity contribution in [3.05, 3.63) is 90.8 Å².